The van der Waals surface area contributed by atoms with Gasteiger partial charge in [-0.05, 0) is 17.7 Å². The van der Waals surface area contributed by atoms with Crippen molar-refractivity contribution in [3.05, 3.63) is 70.9 Å². The summed E-state index contributed by atoms with van der Waals surface area (Å²) in [6.45, 7) is 0.698. The van der Waals surface area contributed by atoms with Gasteiger partial charge in [0.25, 0.3) is 0 Å². The molecule has 120 valence electrons. The van der Waals surface area contributed by atoms with Crippen molar-refractivity contribution in [1.29, 1.82) is 0 Å². The molecule has 4 rings (SSSR count). The number of nitrogens with zero attached hydrogens (tertiary/aromatic N) is 4. The van der Waals surface area contributed by atoms with Gasteiger partial charge in [0.05, 0.1) is 24.0 Å². The fourth-order valence-corrected chi connectivity index (χ4v) is 3.84. The van der Waals surface area contributed by atoms with Gasteiger partial charge in [0, 0.05) is 11.1 Å². The third kappa shape index (κ3) is 3.27. The molecule has 0 amide bonds. The van der Waals surface area contributed by atoms with Crippen molar-refractivity contribution in [3.8, 4) is 11.6 Å². The van der Waals surface area contributed by atoms with Gasteiger partial charge in [0.2, 0.25) is 5.82 Å². The van der Waals surface area contributed by atoms with Gasteiger partial charge in [-0.3, -0.25) is 4.57 Å². The summed E-state index contributed by atoms with van der Waals surface area (Å²) in [5.74, 6) is 2.23. The normalized spacial score (nSPS) is 11.0. The van der Waals surface area contributed by atoms with Crippen LogP contribution in [0.4, 0.5) is 0 Å². The number of aromatic nitrogens is 4. The highest BCUT2D eigenvalue weighted by molar-refractivity contribution is 7.98. The highest BCUT2D eigenvalue weighted by Gasteiger charge is 2.17. The minimum atomic E-state index is 0.698. The van der Waals surface area contributed by atoms with Crippen molar-refractivity contribution in [2.45, 2.75) is 17.5 Å². The van der Waals surface area contributed by atoms with Gasteiger partial charge in [-0.2, -0.15) is 0 Å². The Bertz CT molecular complexity index is 886. The predicted molar refractivity (Wildman–Crippen MR) is 94.9 cm³/mol. The van der Waals surface area contributed by atoms with E-state index in [1.807, 2.05) is 35.8 Å². The maximum absolute atomic E-state index is 5.52. The van der Waals surface area contributed by atoms with Crippen LogP contribution < -0.4 is 0 Å². The van der Waals surface area contributed by atoms with E-state index < -0.39 is 0 Å². The molecule has 5 nitrogen and oxygen atoms in total. The van der Waals surface area contributed by atoms with E-state index in [1.54, 1.807) is 29.4 Å². The molecular formula is C17H14N4OS2. The molecule has 0 fully saturated rings. The van der Waals surface area contributed by atoms with Gasteiger partial charge < -0.3 is 4.42 Å². The zero-order valence-electron chi connectivity index (χ0n) is 12.7. The lowest BCUT2D eigenvalue weighted by molar-refractivity contribution is 0.569. The molecular weight excluding hydrogens is 340 g/mol. The first-order chi connectivity index (χ1) is 11.9. The average Bonchev–Trinajstić information content (AvgIpc) is 3.36. The second kappa shape index (κ2) is 7.02. The molecule has 0 aliphatic rings. The lowest BCUT2D eigenvalue weighted by atomic mass is 10.2. The van der Waals surface area contributed by atoms with E-state index in [0.717, 1.165) is 28.2 Å². The largest absolute Gasteiger partial charge is 0.461 e. The molecule has 0 aliphatic heterocycles. The topological polar surface area (TPSA) is 56.7 Å². The number of thioether (sulfide) groups is 1. The first-order valence-corrected chi connectivity index (χ1v) is 9.34. The van der Waals surface area contributed by atoms with Crippen LogP contribution in [0.25, 0.3) is 11.6 Å². The molecule has 0 saturated carbocycles. The van der Waals surface area contributed by atoms with E-state index in [4.69, 9.17) is 4.42 Å². The number of rotatable bonds is 6. The fraction of sp³-hybridized carbons (Fsp3) is 0.118. The summed E-state index contributed by atoms with van der Waals surface area (Å²) in [4.78, 5) is 4.32. The molecule has 4 aromatic rings. The Balaban J connectivity index is 1.65. The molecule has 3 aromatic heterocycles. The average molecular weight is 354 g/mol. The smallest absolute Gasteiger partial charge is 0.200 e. The van der Waals surface area contributed by atoms with Crippen LogP contribution in [0.2, 0.25) is 0 Å². The van der Waals surface area contributed by atoms with E-state index in [0.29, 0.717) is 6.54 Å². The minimum absolute atomic E-state index is 0.698. The first kappa shape index (κ1) is 15.2. The second-order valence-corrected chi connectivity index (χ2v) is 6.78. The number of hydrogen-bond acceptors (Lipinski definition) is 6. The van der Waals surface area contributed by atoms with Crippen LogP contribution in [0.1, 0.15) is 11.3 Å². The van der Waals surface area contributed by atoms with Crippen LogP contribution in [0.3, 0.4) is 0 Å². The fourth-order valence-electron chi connectivity index (χ4n) is 2.34. The Morgan fingerprint density at radius 1 is 1.08 bits per heavy atom. The Morgan fingerprint density at radius 2 is 2.00 bits per heavy atom. The molecule has 0 bridgehead atoms. The van der Waals surface area contributed by atoms with Gasteiger partial charge in [0.1, 0.15) is 0 Å². The maximum Gasteiger partial charge on any atom is 0.200 e. The monoisotopic (exact) mass is 354 g/mol. The first-order valence-electron chi connectivity index (χ1n) is 7.41. The van der Waals surface area contributed by atoms with Gasteiger partial charge in [-0.25, -0.2) is 4.98 Å². The van der Waals surface area contributed by atoms with Crippen molar-refractivity contribution < 1.29 is 4.42 Å². The molecule has 0 aliphatic carbocycles. The molecule has 0 spiro atoms. The van der Waals surface area contributed by atoms with E-state index in [2.05, 4.69) is 37.3 Å². The molecule has 0 atom stereocenters. The maximum atomic E-state index is 5.52. The van der Waals surface area contributed by atoms with Crippen molar-refractivity contribution in [1.82, 2.24) is 19.7 Å². The zero-order chi connectivity index (χ0) is 16.2. The van der Waals surface area contributed by atoms with Crippen molar-refractivity contribution in [2.75, 3.05) is 0 Å². The second-order valence-electron chi connectivity index (χ2n) is 5.12. The number of hydrogen-bond donors (Lipinski definition) is 0. The summed E-state index contributed by atoms with van der Waals surface area (Å²) >= 11 is 3.24. The van der Waals surface area contributed by atoms with Gasteiger partial charge in [0.15, 0.2) is 10.9 Å². The van der Waals surface area contributed by atoms with Crippen LogP contribution in [-0.4, -0.2) is 19.7 Å². The molecule has 0 saturated heterocycles. The Kier molecular flexibility index (Phi) is 4.44. The quantitative estimate of drug-likeness (QED) is 0.482. The lowest BCUT2D eigenvalue weighted by Gasteiger charge is -2.09. The van der Waals surface area contributed by atoms with Crippen LogP contribution in [-0.2, 0) is 12.3 Å². The SMILES string of the molecule is c1ccc(Cn2c(SCc3cscn3)nnc2-c2ccco2)cc1. The van der Waals surface area contributed by atoms with Crippen molar-refractivity contribution in [3.63, 3.8) is 0 Å². The zero-order valence-corrected chi connectivity index (χ0v) is 14.3. The number of furan rings is 1. The highest BCUT2D eigenvalue weighted by Crippen LogP contribution is 2.27. The van der Waals surface area contributed by atoms with Gasteiger partial charge in [-0.1, -0.05) is 42.1 Å². The standard InChI is InChI=1S/C17H14N4OS2/c1-2-5-13(6-3-1)9-21-16(15-7-4-8-22-15)19-20-17(21)24-11-14-10-23-12-18-14/h1-8,10,12H,9,11H2. The Labute approximate surface area is 147 Å². The summed E-state index contributed by atoms with van der Waals surface area (Å²) in [5.41, 5.74) is 4.10. The van der Waals surface area contributed by atoms with Crippen molar-refractivity contribution >= 4 is 23.1 Å². The predicted octanol–water partition coefficient (Wildman–Crippen LogP) is 4.34. The van der Waals surface area contributed by atoms with Crippen LogP contribution in [0, 0.1) is 0 Å². The van der Waals surface area contributed by atoms with E-state index in [9.17, 15) is 0 Å². The number of benzene rings is 1. The molecule has 7 heteroatoms. The molecule has 0 radical (unpaired) electrons. The van der Waals surface area contributed by atoms with Crippen molar-refractivity contribution in [2.24, 2.45) is 0 Å². The highest BCUT2D eigenvalue weighted by atomic mass is 32.2. The summed E-state index contributed by atoms with van der Waals surface area (Å²) < 4.78 is 7.61. The molecule has 24 heavy (non-hydrogen) atoms. The third-order valence-corrected chi connectivity index (χ3v) is 5.11. The van der Waals surface area contributed by atoms with E-state index >= 15 is 0 Å². The lowest BCUT2D eigenvalue weighted by Crippen LogP contribution is -2.03. The van der Waals surface area contributed by atoms with E-state index in [-0.39, 0.29) is 0 Å². The van der Waals surface area contributed by atoms with Crippen LogP contribution in [0.15, 0.2) is 69.2 Å². The van der Waals surface area contributed by atoms with Crippen LogP contribution in [0.5, 0.6) is 0 Å². The molecule has 0 N–H and O–H groups in total. The summed E-state index contributed by atoms with van der Waals surface area (Å²) in [7, 11) is 0. The summed E-state index contributed by atoms with van der Waals surface area (Å²) in [6.07, 6.45) is 1.65. The third-order valence-electron chi connectivity index (χ3n) is 3.47. The molecule has 1 aromatic carbocycles. The van der Waals surface area contributed by atoms with E-state index in [1.165, 1.54) is 5.56 Å². The Hall–Kier alpha value is -2.38. The summed E-state index contributed by atoms with van der Waals surface area (Å²) in [6, 6.07) is 14.0. The molecule has 0 unspecified atom stereocenters. The minimum Gasteiger partial charge on any atom is -0.461 e. The van der Waals surface area contributed by atoms with Crippen LogP contribution >= 0.6 is 23.1 Å². The van der Waals surface area contributed by atoms with Gasteiger partial charge >= 0.3 is 0 Å². The molecule has 3 heterocycles. The summed E-state index contributed by atoms with van der Waals surface area (Å²) in [5, 5.41) is 11.6. The Morgan fingerprint density at radius 3 is 2.75 bits per heavy atom. The van der Waals surface area contributed by atoms with Gasteiger partial charge in [-0.15, -0.1) is 21.5 Å². The number of thiazole rings is 1.